The monoisotopic (exact) mass is 433 g/mol. The van der Waals surface area contributed by atoms with Crippen molar-refractivity contribution in [2.24, 2.45) is 11.3 Å². The summed E-state index contributed by atoms with van der Waals surface area (Å²) in [5, 5.41) is 33.1. The third kappa shape index (κ3) is 5.81. The van der Waals surface area contributed by atoms with Crippen LogP contribution in [-0.4, -0.2) is 63.8 Å². The van der Waals surface area contributed by atoms with Gasteiger partial charge >= 0.3 is 0 Å². The highest BCUT2D eigenvalue weighted by Gasteiger charge is 2.45. The lowest BCUT2D eigenvalue weighted by atomic mass is 9.68. The molecule has 31 heavy (non-hydrogen) atoms. The number of benzene rings is 1. The zero-order valence-corrected chi connectivity index (χ0v) is 20.4. The van der Waals surface area contributed by atoms with E-state index in [0.29, 0.717) is 32.0 Å². The zero-order chi connectivity index (χ0) is 23.0. The first-order chi connectivity index (χ1) is 14.3. The van der Waals surface area contributed by atoms with Crippen molar-refractivity contribution in [3.63, 3.8) is 0 Å². The van der Waals surface area contributed by atoms with E-state index in [4.69, 9.17) is 4.74 Å². The molecule has 0 bridgehead atoms. The average Bonchev–Trinajstić information content (AvgIpc) is 2.66. The Morgan fingerprint density at radius 1 is 1.06 bits per heavy atom. The Bertz CT molecular complexity index is 763. The molecule has 176 valence electrons. The molecular weight excluding hydrogens is 390 g/mol. The van der Waals surface area contributed by atoms with Gasteiger partial charge in [-0.1, -0.05) is 26.8 Å². The number of ether oxygens (including phenoxy) is 1. The Morgan fingerprint density at radius 3 is 2.32 bits per heavy atom. The molecule has 0 unspecified atom stereocenters. The van der Waals surface area contributed by atoms with Gasteiger partial charge in [-0.2, -0.15) is 0 Å². The Balaban J connectivity index is 1.62. The number of hydrogen-bond donors (Lipinski definition) is 3. The Hall–Kier alpha value is -1.14. The molecular formula is C26H43NO4. The number of likely N-dealkylation sites (tertiary alicyclic amines) is 1. The molecule has 3 rings (SSSR count). The number of rotatable bonds is 5. The van der Waals surface area contributed by atoms with Gasteiger partial charge in [0.2, 0.25) is 0 Å². The minimum atomic E-state index is -1.35. The van der Waals surface area contributed by atoms with Crippen molar-refractivity contribution >= 4 is 0 Å². The molecule has 1 saturated heterocycles. The second kappa shape index (κ2) is 9.01. The third-order valence-corrected chi connectivity index (χ3v) is 7.74. The van der Waals surface area contributed by atoms with Crippen molar-refractivity contribution < 1.29 is 20.1 Å². The minimum Gasteiger partial charge on any atom is -0.490 e. The van der Waals surface area contributed by atoms with Crippen molar-refractivity contribution in [2.45, 2.75) is 91.0 Å². The number of nitrogens with zero attached hydrogens (tertiary/aromatic N) is 1. The Morgan fingerprint density at radius 2 is 1.71 bits per heavy atom. The van der Waals surface area contributed by atoms with Gasteiger partial charge in [0, 0.05) is 19.6 Å². The second-order valence-corrected chi connectivity index (χ2v) is 11.5. The molecule has 0 aromatic heterocycles. The lowest BCUT2D eigenvalue weighted by Crippen LogP contribution is -2.62. The summed E-state index contributed by atoms with van der Waals surface area (Å²) in [6, 6.07) is 4.10. The minimum absolute atomic E-state index is 0.0406. The topological polar surface area (TPSA) is 73.2 Å². The molecule has 1 aliphatic carbocycles. The second-order valence-electron chi connectivity index (χ2n) is 11.5. The lowest BCUT2D eigenvalue weighted by Gasteiger charge is -2.47. The highest BCUT2D eigenvalue weighted by atomic mass is 16.5. The van der Waals surface area contributed by atoms with E-state index in [0.717, 1.165) is 48.1 Å². The third-order valence-electron chi connectivity index (χ3n) is 7.74. The van der Waals surface area contributed by atoms with Gasteiger partial charge in [0.1, 0.15) is 18.0 Å². The van der Waals surface area contributed by atoms with Crippen LogP contribution in [-0.2, 0) is 0 Å². The van der Waals surface area contributed by atoms with Crippen LogP contribution in [0.4, 0.5) is 0 Å². The molecule has 2 atom stereocenters. The van der Waals surface area contributed by atoms with Gasteiger partial charge in [-0.25, -0.2) is 0 Å². The molecule has 0 radical (unpaired) electrons. The van der Waals surface area contributed by atoms with E-state index in [1.807, 2.05) is 19.9 Å². The lowest BCUT2D eigenvalue weighted by molar-refractivity contribution is -0.151. The van der Waals surface area contributed by atoms with Crippen LogP contribution in [0.3, 0.4) is 0 Å². The van der Waals surface area contributed by atoms with Gasteiger partial charge < -0.3 is 20.1 Å². The summed E-state index contributed by atoms with van der Waals surface area (Å²) in [6.07, 6.45) is 3.31. The molecule has 3 N–H and O–H groups in total. The summed E-state index contributed by atoms with van der Waals surface area (Å²) in [6.45, 7) is 14.5. The van der Waals surface area contributed by atoms with Crippen molar-refractivity contribution in [1.82, 2.24) is 4.90 Å². The van der Waals surface area contributed by atoms with E-state index >= 15 is 0 Å². The molecule has 1 aromatic carbocycles. The fraction of sp³-hybridized carbons (Fsp3) is 0.769. The van der Waals surface area contributed by atoms with E-state index in [2.05, 4.69) is 38.7 Å². The highest BCUT2D eigenvalue weighted by molar-refractivity contribution is 5.42. The van der Waals surface area contributed by atoms with Crippen LogP contribution in [0.15, 0.2) is 12.1 Å². The predicted octanol–water partition coefficient (Wildman–Crippen LogP) is 3.76. The standard InChI is InChI=1S/C26H43NO4/c1-18-13-19(2)20(3)22(14-18)31-17-26(30)16-27(12-9-23(26)28)15-25(29)10-7-21(8-11-25)24(4,5)6/h13-14,21,23,28-30H,7-12,15-17H2,1-6H3/t21?,23-,25?,26-/m0/s1. The molecule has 1 heterocycles. The maximum absolute atomic E-state index is 11.3. The van der Waals surface area contributed by atoms with Crippen LogP contribution in [0.2, 0.25) is 0 Å². The average molecular weight is 434 g/mol. The molecule has 5 nitrogen and oxygen atoms in total. The summed E-state index contributed by atoms with van der Waals surface area (Å²) < 4.78 is 6.03. The number of aryl methyl sites for hydroxylation is 2. The summed E-state index contributed by atoms with van der Waals surface area (Å²) >= 11 is 0. The van der Waals surface area contributed by atoms with Crippen LogP contribution < -0.4 is 4.74 Å². The van der Waals surface area contributed by atoms with Crippen molar-refractivity contribution in [3.05, 3.63) is 28.8 Å². The Kier molecular flexibility index (Phi) is 7.12. The quantitative estimate of drug-likeness (QED) is 0.659. The van der Waals surface area contributed by atoms with Crippen LogP contribution >= 0.6 is 0 Å². The molecule has 0 spiro atoms. The molecule has 5 heteroatoms. The summed E-state index contributed by atoms with van der Waals surface area (Å²) in [7, 11) is 0. The van der Waals surface area contributed by atoms with Crippen molar-refractivity contribution in [2.75, 3.05) is 26.2 Å². The largest absolute Gasteiger partial charge is 0.490 e. The smallest absolute Gasteiger partial charge is 0.137 e. The van der Waals surface area contributed by atoms with Gasteiger partial charge in [-0.05, 0) is 87.0 Å². The van der Waals surface area contributed by atoms with Crippen LogP contribution in [0.1, 0.15) is 69.6 Å². The number of piperidine rings is 1. The summed E-state index contributed by atoms with van der Waals surface area (Å²) in [5.41, 5.74) is 1.55. The molecule has 2 aliphatic rings. The van der Waals surface area contributed by atoms with Crippen LogP contribution in [0.5, 0.6) is 5.75 Å². The van der Waals surface area contributed by atoms with Crippen LogP contribution in [0, 0.1) is 32.1 Å². The molecule has 1 aliphatic heterocycles. The van der Waals surface area contributed by atoms with Crippen LogP contribution in [0.25, 0.3) is 0 Å². The van der Waals surface area contributed by atoms with E-state index in [9.17, 15) is 15.3 Å². The molecule has 1 aromatic rings. The van der Waals surface area contributed by atoms with Gasteiger partial charge in [-0.3, -0.25) is 4.90 Å². The van der Waals surface area contributed by atoms with Gasteiger partial charge in [0.25, 0.3) is 0 Å². The SMILES string of the molecule is Cc1cc(C)c(C)c(OC[C@@]2(O)CN(CC3(O)CCC(C(C)(C)C)CC3)CC[C@@H]2O)c1. The van der Waals surface area contributed by atoms with E-state index < -0.39 is 17.3 Å². The maximum Gasteiger partial charge on any atom is 0.137 e. The maximum atomic E-state index is 11.3. The molecule has 0 amide bonds. The first-order valence-electron chi connectivity index (χ1n) is 11.9. The first-order valence-corrected chi connectivity index (χ1v) is 11.9. The number of β-amino-alcohol motifs (C(OH)–C–C–N with tert-alkyl or cyclic N) is 2. The van der Waals surface area contributed by atoms with Gasteiger partial charge in [0.15, 0.2) is 0 Å². The van der Waals surface area contributed by atoms with Crippen molar-refractivity contribution in [3.8, 4) is 5.75 Å². The van der Waals surface area contributed by atoms with Gasteiger partial charge in [0.05, 0.1) is 11.7 Å². The highest BCUT2D eigenvalue weighted by Crippen LogP contribution is 2.42. The first kappa shape index (κ1) is 24.5. The van der Waals surface area contributed by atoms with E-state index in [-0.39, 0.29) is 12.0 Å². The van der Waals surface area contributed by atoms with E-state index in [1.165, 1.54) is 0 Å². The number of aliphatic hydroxyl groups excluding tert-OH is 1. The molecule has 1 saturated carbocycles. The fourth-order valence-electron chi connectivity index (χ4n) is 5.37. The zero-order valence-electron chi connectivity index (χ0n) is 20.4. The van der Waals surface area contributed by atoms with Crippen molar-refractivity contribution in [1.29, 1.82) is 0 Å². The normalized spacial score (nSPS) is 32.8. The molecule has 2 fully saturated rings. The summed E-state index contributed by atoms with van der Waals surface area (Å²) in [5.74, 6) is 1.40. The fourth-order valence-corrected chi connectivity index (χ4v) is 5.37. The van der Waals surface area contributed by atoms with E-state index in [1.54, 1.807) is 0 Å². The summed E-state index contributed by atoms with van der Waals surface area (Å²) in [4.78, 5) is 2.11. The number of aliphatic hydroxyl groups is 3. The Labute approximate surface area is 188 Å². The number of hydrogen-bond acceptors (Lipinski definition) is 5. The predicted molar refractivity (Wildman–Crippen MR) is 125 cm³/mol. The van der Waals surface area contributed by atoms with Gasteiger partial charge in [-0.15, -0.1) is 0 Å².